The fourth-order valence-corrected chi connectivity index (χ4v) is 7.43. The second kappa shape index (κ2) is 12.0. The topological polar surface area (TPSA) is 126 Å². The lowest BCUT2D eigenvalue weighted by Gasteiger charge is -2.33. The van der Waals surface area contributed by atoms with E-state index in [1.165, 1.54) is 0 Å². The van der Waals surface area contributed by atoms with Crippen molar-refractivity contribution in [2.24, 2.45) is 11.7 Å². The molecule has 7 rings (SSSR count). The molecule has 0 radical (unpaired) electrons. The zero-order valence-electron chi connectivity index (χ0n) is 29.4. The summed E-state index contributed by atoms with van der Waals surface area (Å²) in [5, 5.41) is 5.51. The molecule has 2 aromatic carbocycles. The van der Waals surface area contributed by atoms with Gasteiger partial charge in [0.1, 0.15) is 22.7 Å². The van der Waals surface area contributed by atoms with E-state index in [2.05, 4.69) is 51.4 Å². The number of nitrogens with two attached hydrogens (primary N) is 1. The van der Waals surface area contributed by atoms with Gasteiger partial charge in [0.25, 0.3) is 0 Å². The Kier molecular flexibility index (Phi) is 8.08. The number of likely N-dealkylation sites (tertiary alicyclic amines) is 2. The van der Waals surface area contributed by atoms with E-state index in [1.807, 2.05) is 69.7 Å². The van der Waals surface area contributed by atoms with Crippen molar-refractivity contribution in [1.82, 2.24) is 25.1 Å². The number of carbonyl (C=O) groups excluding carboxylic acids is 2. The molecule has 10 heteroatoms. The number of ether oxygens (including phenoxy) is 2. The Morgan fingerprint density at radius 1 is 1.00 bits per heavy atom. The molecule has 4 fully saturated rings. The monoisotopic (exact) mass is 664 g/mol. The summed E-state index contributed by atoms with van der Waals surface area (Å²) in [6.45, 7) is 12.0. The minimum absolute atomic E-state index is 0.0202. The zero-order valence-corrected chi connectivity index (χ0v) is 29.4. The van der Waals surface area contributed by atoms with Gasteiger partial charge in [-0.2, -0.15) is 0 Å². The van der Waals surface area contributed by atoms with Crippen molar-refractivity contribution in [3.8, 4) is 11.8 Å². The highest BCUT2D eigenvalue weighted by atomic mass is 16.6. The first-order chi connectivity index (χ1) is 23.2. The highest BCUT2D eigenvalue weighted by Crippen LogP contribution is 2.54. The first kappa shape index (κ1) is 32.9. The number of nitrogens with zero attached hydrogens (tertiary/aromatic N) is 3. The number of nitrogens with one attached hydrogen (secondary N) is 2. The number of amides is 2. The lowest BCUT2D eigenvalue weighted by Crippen LogP contribution is -2.48. The van der Waals surface area contributed by atoms with E-state index in [4.69, 9.17) is 15.2 Å². The number of H-pyrrole nitrogens is 1. The van der Waals surface area contributed by atoms with Crippen molar-refractivity contribution in [3.05, 3.63) is 71.4 Å². The van der Waals surface area contributed by atoms with Gasteiger partial charge in [0.05, 0.1) is 24.0 Å². The molecule has 1 aromatic heterocycles. The predicted octanol–water partition coefficient (Wildman–Crippen LogP) is 6.81. The van der Waals surface area contributed by atoms with Crippen LogP contribution in [0, 0.1) is 17.8 Å². The summed E-state index contributed by atoms with van der Waals surface area (Å²) in [6, 6.07) is 12.5. The second-order valence-corrected chi connectivity index (χ2v) is 16.2. The first-order valence-corrected chi connectivity index (χ1v) is 17.5. The Hall–Kier alpha value is -4.65. The van der Waals surface area contributed by atoms with Crippen molar-refractivity contribution in [1.29, 1.82) is 0 Å². The summed E-state index contributed by atoms with van der Waals surface area (Å²) in [4.78, 5) is 37.8. The third-order valence-electron chi connectivity index (χ3n) is 9.98. The maximum absolute atomic E-state index is 13.0. The Morgan fingerprint density at radius 3 is 2.45 bits per heavy atom. The number of imidazole rings is 1. The molecule has 4 aliphatic rings. The van der Waals surface area contributed by atoms with Crippen LogP contribution in [0.3, 0.4) is 0 Å². The van der Waals surface area contributed by atoms with E-state index >= 15 is 0 Å². The third-order valence-corrected chi connectivity index (χ3v) is 9.98. The minimum atomic E-state index is -0.542. The van der Waals surface area contributed by atoms with Gasteiger partial charge in [0, 0.05) is 29.9 Å². The highest BCUT2D eigenvalue weighted by molar-refractivity contribution is 5.87. The number of piperidine rings is 1. The van der Waals surface area contributed by atoms with Crippen LogP contribution < -0.4 is 11.1 Å². The Labute approximate surface area is 288 Å². The molecule has 1 spiro atoms. The molecule has 258 valence electrons. The molecule has 2 aliphatic carbocycles. The molecule has 2 saturated heterocycles. The lowest BCUT2D eigenvalue weighted by molar-refractivity contribution is 0.0120. The van der Waals surface area contributed by atoms with Crippen molar-refractivity contribution in [2.75, 3.05) is 6.54 Å². The maximum atomic E-state index is 13.0. The van der Waals surface area contributed by atoms with Crippen molar-refractivity contribution in [3.63, 3.8) is 0 Å². The van der Waals surface area contributed by atoms with Gasteiger partial charge >= 0.3 is 12.2 Å². The number of hydrogen-bond donors (Lipinski definition) is 3. The summed E-state index contributed by atoms with van der Waals surface area (Å²) in [5.41, 5.74) is 8.56. The van der Waals surface area contributed by atoms with Crippen LogP contribution in [0.1, 0.15) is 109 Å². The van der Waals surface area contributed by atoms with Gasteiger partial charge in [-0.3, -0.25) is 9.80 Å². The highest BCUT2D eigenvalue weighted by Gasteiger charge is 2.58. The summed E-state index contributed by atoms with van der Waals surface area (Å²) in [5.74, 6) is 7.73. The first-order valence-electron chi connectivity index (χ1n) is 17.5. The van der Waals surface area contributed by atoms with Gasteiger partial charge in [-0.25, -0.2) is 14.6 Å². The predicted molar refractivity (Wildman–Crippen MR) is 189 cm³/mol. The summed E-state index contributed by atoms with van der Waals surface area (Å²) < 4.78 is 11.4. The molecule has 2 aliphatic heterocycles. The van der Waals surface area contributed by atoms with Crippen LogP contribution in [0.4, 0.5) is 9.59 Å². The van der Waals surface area contributed by atoms with Gasteiger partial charge < -0.3 is 25.5 Å². The molecule has 2 saturated carbocycles. The largest absolute Gasteiger partial charge is 0.444 e. The number of aromatic nitrogens is 2. The summed E-state index contributed by atoms with van der Waals surface area (Å²) in [7, 11) is 0. The van der Waals surface area contributed by atoms with Gasteiger partial charge in [0.15, 0.2) is 0 Å². The molecule has 4 atom stereocenters. The van der Waals surface area contributed by atoms with Crippen molar-refractivity contribution in [2.45, 2.75) is 115 Å². The van der Waals surface area contributed by atoms with E-state index in [0.717, 1.165) is 66.2 Å². The Bertz CT molecular complexity index is 1870. The van der Waals surface area contributed by atoms with Gasteiger partial charge in [-0.1, -0.05) is 24.1 Å². The number of aromatic amines is 1. The van der Waals surface area contributed by atoms with Crippen molar-refractivity contribution >= 4 is 28.7 Å². The number of rotatable bonds is 5. The SMILES string of the molecule is CC(C)(C)OC(=O)N1[C@@H]2C[C@@H]2C[C@H]1c1ncc(C#Cc2ccc3cc(/C(N)=C/NC[C@@H]4CCC5(CC5)N4C(=O)OC(C)(C)C)ccc3c2)[nH]1. The molecule has 3 heterocycles. The van der Waals surface area contributed by atoms with Crippen LogP contribution in [0.25, 0.3) is 16.5 Å². The molecule has 49 heavy (non-hydrogen) atoms. The molecule has 0 bridgehead atoms. The summed E-state index contributed by atoms with van der Waals surface area (Å²) in [6.07, 6.45) is 9.08. The Morgan fingerprint density at radius 2 is 1.71 bits per heavy atom. The van der Waals surface area contributed by atoms with E-state index in [9.17, 15) is 9.59 Å². The molecule has 4 N–H and O–H groups in total. The Balaban J connectivity index is 0.980. The molecule has 2 amide bonds. The molecular weight excluding hydrogens is 616 g/mol. The zero-order chi connectivity index (χ0) is 34.7. The van der Waals surface area contributed by atoms with Gasteiger partial charge in [-0.05, 0) is 126 Å². The number of carbonyl (C=O) groups is 2. The standard InChI is InChI=1S/C39H48N6O4/c1-37(2,3)48-35(46)44-32-19-28(32)20-33(44)34-42-21-29(43-34)12-8-24-7-9-26-18-27(11-10-25(26)17-24)31(40)23-41-22-30-13-14-39(15-16-39)45(30)36(47)49-38(4,5)6/h7,9-11,17-18,21,23,28,30,32-33,41H,13-16,19-20,22,40H2,1-6H3,(H,42,43)/b31-23-/t28-,30+,32-,33+/m1/s1. The van der Waals surface area contributed by atoms with Crippen LogP contribution in [0.5, 0.6) is 0 Å². The molecule has 10 nitrogen and oxygen atoms in total. The van der Waals surface area contributed by atoms with Crippen LogP contribution in [-0.2, 0) is 9.47 Å². The normalized spacial score (nSPS) is 24.0. The van der Waals surface area contributed by atoms with Crippen LogP contribution in [0.15, 0.2) is 48.8 Å². The van der Waals surface area contributed by atoms with Crippen LogP contribution in [0.2, 0.25) is 0 Å². The van der Waals surface area contributed by atoms with Crippen LogP contribution >= 0.6 is 0 Å². The van der Waals surface area contributed by atoms with E-state index < -0.39 is 11.2 Å². The van der Waals surface area contributed by atoms with E-state index in [0.29, 0.717) is 23.9 Å². The lowest BCUT2D eigenvalue weighted by atomic mass is 10.0. The third kappa shape index (κ3) is 7.08. The quantitative estimate of drug-likeness (QED) is 0.256. The minimum Gasteiger partial charge on any atom is -0.444 e. The molecule has 0 unspecified atom stereocenters. The smallest absolute Gasteiger partial charge is 0.411 e. The van der Waals surface area contributed by atoms with Crippen molar-refractivity contribution < 1.29 is 19.1 Å². The maximum Gasteiger partial charge on any atom is 0.411 e. The number of benzene rings is 2. The number of hydrogen-bond acceptors (Lipinski definition) is 7. The summed E-state index contributed by atoms with van der Waals surface area (Å²) >= 11 is 0. The fraction of sp³-hybridized carbons (Fsp3) is 0.513. The van der Waals surface area contributed by atoms with Crippen LogP contribution in [-0.4, -0.2) is 67.3 Å². The average molecular weight is 665 g/mol. The fourth-order valence-electron chi connectivity index (χ4n) is 7.43. The van der Waals surface area contributed by atoms with E-state index in [-0.39, 0.29) is 35.9 Å². The van der Waals surface area contributed by atoms with Gasteiger partial charge in [-0.15, -0.1) is 0 Å². The molecular formula is C39H48N6O4. The van der Waals surface area contributed by atoms with E-state index in [1.54, 1.807) is 6.20 Å². The average Bonchev–Trinajstić information content (AvgIpc) is 3.80. The second-order valence-electron chi connectivity index (χ2n) is 16.2. The number of fused-ring (bicyclic) bond motifs is 2. The molecule has 3 aromatic rings. The van der Waals surface area contributed by atoms with Gasteiger partial charge in [0.2, 0.25) is 0 Å².